The fraction of sp³-hybridized carbons (Fsp3) is 0.0698. The van der Waals surface area contributed by atoms with Gasteiger partial charge in [0.2, 0.25) is 0 Å². The average molecular weight is 639 g/mol. The van der Waals surface area contributed by atoms with Crippen LogP contribution in [0.1, 0.15) is 25.0 Å². The first-order chi connectivity index (χ1) is 23.0. The van der Waals surface area contributed by atoms with Crippen LogP contribution in [0.4, 0.5) is 0 Å². The lowest BCUT2D eigenvalue weighted by atomic mass is 9.81. The number of fused-ring (bicyclic) bond motifs is 6. The maximum Gasteiger partial charge on any atom is 0.160 e. The van der Waals surface area contributed by atoms with Gasteiger partial charge in [0.15, 0.2) is 5.82 Å². The second kappa shape index (κ2) is 11.1. The SMILES string of the molecule is CC1(C)c2cc(-c3cccc(-c4cc(-c5ccccc5)nc(-c5ccccc5)n4)c3)ccc2-c2ccc3c(c21)Sc1ccccc1S3. The highest BCUT2D eigenvalue weighted by molar-refractivity contribution is 8.05. The summed E-state index contributed by atoms with van der Waals surface area (Å²) in [5.74, 6) is 0.728. The van der Waals surface area contributed by atoms with E-state index >= 15 is 0 Å². The minimum Gasteiger partial charge on any atom is -0.228 e. The summed E-state index contributed by atoms with van der Waals surface area (Å²) in [6.07, 6.45) is 0. The molecule has 0 fully saturated rings. The number of hydrogen-bond donors (Lipinski definition) is 0. The first-order valence-corrected chi connectivity index (χ1v) is 17.5. The van der Waals surface area contributed by atoms with Gasteiger partial charge in [0, 0.05) is 41.7 Å². The molecule has 1 aromatic heterocycles. The van der Waals surface area contributed by atoms with Crippen molar-refractivity contribution in [2.45, 2.75) is 38.8 Å². The number of benzene rings is 6. The van der Waals surface area contributed by atoms with Crippen LogP contribution in [0.25, 0.3) is 56.2 Å². The van der Waals surface area contributed by atoms with Crippen LogP contribution in [0.2, 0.25) is 0 Å². The molecular weight excluding hydrogens is 609 g/mol. The summed E-state index contributed by atoms with van der Waals surface area (Å²) in [4.78, 5) is 15.5. The number of hydrogen-bond acceptors (Lipinski definition) is 4. The lowest BCUT2D eigenvalue weighted by molar-refractivity contribution is 0.642. The van der Waals surface area contributed by atoms with Crippen molar-refractivity contribution in [3.63, 3.8) is 0 Å². The molecule has 1 aliphatic heterocycles. The van der Waals surface area contributed by atoms with Gasteiger partial charge in [-0.2, -0.15) is 0 Å². The predicted molar refractivity (Wildman–Crippen MR) is 196 cm³/mol. The number of nitrogens with zero attached hydrogens (tertiary/aromatic N) is 2. The van der Waals surface area contributed by atoms with Crippen LogP contribution in [-0.4, -0.2) is 9.97 Å². The Morgan fingerprint density at radius 2 is 1.04 bits per heavy atom. The monoisotopic (exact) mass is 638 g/mol. The van der Waals surface area contributed by atoms with Crippen LogP contribution in [0.3, 0.4) is 0 Å². The van der Waals surface area contributed by atoms with Crippen LogP contribution >= 0.6 is 23.5 Å². The molecule has 0 bridgehead atoms. The molecule has 0 radical (unpaired) electrons. The van der Waals surface area contributed by atoms with E-state index in [9.17, 15) is 0 Å². The van der Waals surface area contributed by atoms with Gasteiger partial charge in [0.25, 0.3) is 0 Å². The third-order valence-corrected chi connectivity index (χ3v) is 11.9. The Hall–Kier alpha value is -4.90. The first-order valence-electron chi connectivity index (χ1n) is 15.9. The van der Waals surface area contributed by atoms with Crippen LogP contribution in [0.5, 0.6) is 0 Å². The lowest BCUT2D eigenvalue weighted by Crippen LogP contribution is -2.17. The van der Waals surface area contributed by atoms with Crippen molar-refractivity contribution in [2.75, 3.05) is 0 Å². The zero-order valence-electron chi connectivity index (χ0n) is 26.1. The summed E-state index contributed by atoms with van der Waals surface area (Å²) in [6.45, 7) is 4.78. The molecule has 7 aromatic rings. The maximum absolute atomic E-state index is 5.08. The molecule has 6 aromatic carbocycles. The van der Waals surface area contributed by atoms with Gasteiger partial charge in [-0.3, -0.25) is 0 Å². The molecule has 2 heterocycles. The summed E-state index contributed by atoms with van der Waals surface area (Å²) in [7, 11) is 0. The minimum atomic E-state index is -0.120. The van der Waals surface area contributed by atoms with Crippen molar-refractivity contribution in [1.29, 1.82) is 0 Å². The zero-order valence-corrected chi connectivity index (χ0v) is 27.7. The molecule has 0 amide bonds. The standard InChI is InChI=1S/C43H30N2S2/c1-43(2)34-25-30(20-21-32(34)33-22-23-39-41(40(33)43)47-38-19-10-9-18-37(38)46-39)29-16-11-17-31(24-29)36-26-35(27-12-5-3-6-13-27)44-42(45-36)28-14-7-4-8-15-28/h3-26H,1-2H3. The van der Waals surface area contributed by atoms with E-state index in [2.05, 4.69) is 135 Å². The molecule has 2 nitrogen and oxygen atoms in total. The van der Waals surface area contributed by atoms with E-state index < -0.39 is 0 Å². The van der Waals surface area contributed by atoms with Crippen LogP contribution < -0.4 is 0 Å². The van der Waals surface area contributed by atoms with E-state index in [4.69, 9.17) is 9.97 Å². The fourth-order valence-corrected chi connectivity index (χ4v) is 9.53. The van der Waals surface area contributed by atoms with Gasteiger partial charge in [0.1, 0.15) is 0 Å². The fourth-order valence-electron chi connectivity index (χ4n) is 6.97. The Kier molecular flexibility index (Phi) is 6.70. The average Bonchev–Trinajstić information content (AvgIpc) is 3.37. The molecule has 9 rings (SSSR count). The van der Waals surface area contributed by atoms with Crippen molar-refractivity contribution < 1.29 is 0 Å². The summed E-state index contributed by atoms with van der Waals surface area (Å²) in [5.41, 5.74) is 12.8. The molecule has 2 aliphatic rings. The predicted octanol–water partition coefficient (Wildman–Crippen LogP) is 12.1. The van der Waals surface area contributed by atoms with E-state index in [1.54, 1.807) is 0 Å². The molecule has 0 saturated carbocycles. The molecule has 0 unspecified atom stereocenters. The van der Waals surface area contributed by atoms with Crippen molar-refractivity contribution >= 4 is 23.5 Å². The van der Waals surface area contributed by atoms with Gasteiger partial charge in [-0.15, -0.1) is 0 Å². The maximum atomic E-state index is 5.08. The van der Waals surface area contributed by atoms with Gasteiger partial charge in [0.05, 0.1) is 11.4 Å². The number of aromatic nitrogens is 2. The van der Waals surface area contributed by atoms with Gasteiger partial charge in [-0.05, 0) is 69.8 Å². The molecule has 47 heavy (non-hydrogen) atoms. The molecule has 1 aliphatic carbocycles. The Morgan fingerprint density at radius 1 is 0.447 bits per heavy atom. The highest BCUT2D eigenvalue weighted by Crippen LogP contribution is 2.58. The van der Waals surface area contributed by atoms with Gasteiger partial charge < -0.3 is 0 Å². The van der Waals surface area contributed by atoms with E-state index in [1.807, 2.05) is 47.8 Å². The topological polar surface area (TPSA) is 25.8 Å². The van der Waals surface area contributed by atoms with Crippen molar-refractivity contribution in [2.24, 2.45) is 0 Å². The molecular formula is C43H30N2S2. The summed E-state index contributed by atoms with van der Waals surface area (Å²) >= 11 is 3.82. The Bertz CT molecular complexity index is 2270. The van der Waals surface area contributed by atoms with Gasteiger partial charge in [-0.25, -0.2) is 9.97 Å². The molecule has 224 valence electrons. The van der Waals surface area contributed by atoms with Crippen LogP contribution in [0, 0.1) is 0 Å². The molecule has 0 spiro atoms. The quantitative estimate of drug-likeness (QED) is 0.192. The molecule has 0 saturated heterocycles. The highest BCUT2D eigenvalue weighted by atomic mass is 32.2. The Morgan fingerprint density at radius 3 is 1.81 bits per heavy atom. The molecule has 0 N–H and O–H groups in total. The first kappa shape index (κ1) is 28.3. The lowest BCUT2D eigenvalue weighted by Gasteiger charge is -2.28. The second-order valence-corrected chi connectivity index (χ2v) is 14.8. The Balaban J connectivity index is 1.12. The normalized spacial score (nSPS) is 13.7. The highest BCUT2D eigenvalue weighted by Gasteiger charge is 2.39. The minimum absolute atomic E-state index is 0.120. The van der Waals surface area contributed by atoms with Crippen molar-refractivity contribution in [3.8, 4) is 56.2 Å². The number of rotatable bonds is 4. The van der Waals surface area contributed by atoms with Gasteiger partial charge in [-0.1, -0.05) is 147 Å². The third kappa shape index (κ3) is 4.83. The van der Waals surface area contributed by atoms with Crippen molar-refractivity contribution in [3.05, 3.63) is 157 Å². The summed E-state index contributed by atoms with van der Waals surface area (Å²) in [6, 6.07) is 51.9. The van der Waals surface area contributed by atoms with Crippen LogP contribution in [0.15, 0.2) is 165 Å². The van der Waals surface area contributed by atoms with E-state index in [1.165, 1.54) is 53.0 Å². The van der Waals surface area contributed by atoms with Crippen molar-refractivity contribution in [1.82, 2.24) is 9.97 Å². The smallest absolute Gasteiger partial charge is 0.160 e. The zero-order chi connectivity index (χ0) is 31.5. The van der Waals surface area contributed by atoms with E-state index in [-0.39, 0.29) is 5.41 Å². The largest absolute Gasteiger partial charge is 0.228 e. The van der Waals surface area contributed by atoms with Gasteiger partial charge >= 0.3 is 0 Å². The van der Waals surface area contributed by atoms with Crippen LogP contribution in [-0.2, 0) is 5.41 Å². The third-order valence-electron chi connectivity index (χ3n) is 9.33. The molecule has 4 heteroatoms. The van der Waals surface area contributed by atoms with E-state index in [0.717, 1.165) is 33.9 Å². The summed E-state index contributed by atoms with van der Waals surface area (Å²) in [5, 5.41) is 0. The van der Waals surface area contributed by atoms with E-state index in [0.29, 0.717) is 0 Å². The summed E-state index contributed by atoms with van der Waals surface area (Å²) < 4.78 is 0. The second-order valence-electron chi connectivity index (χ2n) is 12.6. The molecule has 0 atom stereocenters. The Labute approximate surface area is 284 Å².